The normalized spacial score (nSPS) is 11.7. The summed E-state index contributed by atoms with van der Waals surface area (Å²) >= 11 is 3.56. The van der Waals surface area contributed by atoms with Gasteiger partial charge in [-0.1, -0.05) is 43.6 Å². The minimum absolute atomic E-state index is 0.625. The average molecular weight is 455 g/mol. The highest BCUT2D eigenvalue weighted by Gasteiger charge is 2.14. The van der Waals surface area contributed by atoms with E-state index in [2.05, 4.69) is 105 Å². The van der Waals surface area contributed by atoms with E-state index in [0.717, 1.165) is 38.6 Å². The predicted octanol–water partition coefficient (Wildman–Crippen LogP) is 6.53. The standard InChI is InChI=1S/C18H16BrN3.C6H15N/c1-4-22-16-6-5-12(19)9-13(16)17-18(22)21-15-8-11(3)10(2)7-14(15)20-17;1-5(2)7-6(3)4/h5-9H,4H2,1-3H3;5-7H,1-4H3. The molecule has 154 valence electrons. The van der Waals surface area contributed by atoms with Gasteiger partial charge in [0, 0.05) is 28.5 Å². The number of hydrogen-bond acceptors (Lipinski definition) is 3. The molecule has 0 spiro atoms. The zero-order valence-electron chi connectivity index (χ0n) is 18.5. The molecule has 0 fully saturated rings. The molecule has 2 aromatic heterocycles. The second kappa shape index (κ2) is 8.80. The minimum atomic E-state index is 0.625. The van der Waals surface area contributed by atoms with Gasteiger partial charge in [-0.05, 0) is 62.2 Å². The Bertz CT molecular complexity index is 1150. The summed E-state index contributed by atoms with van der Waals surface area (Å²) in [5, 5.41) is 4.46. The first kappa shape index (κ1) is 21.7. The Morgan fingerprint density at radius 1 is 0.931 bits per heavy atom. The molecule has 1 N–H and O–H groups in total. The number of rotatable bonds is 3. The lowest BCUT2D eigenvalue weighted by molar-refractivity contribution is 0.518. The van der Waals surface area contributed by atoms with Crippen LogP contribution in [0.2, 0.25) is 0 Å². The summed E-state index contributed by atoms with van der Waals surface area (Å²) in [6.45, 7) is 15.9. The summed E-state index contributed by atoms with van der Waals surface area (Å²) in [7, 11) is 0. The van der Waals surface area contributed by atoms with Gasteiger partial charge in [0.05, 0.1) is 16.6 Å². The van der Waals surface area contributed by atoms with Crippen molar-refractivity contribution in [3.05, 3.63) is 45.9 Å². The van der Waals surface area contributed by atoms with Crippen LogP contribution in [0.5, 0.6) is 0 Å². The number of aryl methyl sites for hydroxylation is 3. The van der Waals surface area contributed by atoms with Gasteiger partial charge in [-0.25, -0.2) is 9.97 Å². The molecule has 29 heavy (non-hydrogen) atoms. The van der Waals surface area contributed by atoms with Gasteiger partial charge in [-0.15, -0.1) is 0 Å². The van der Waals surface area contributed by atoms with Crippen molar-refractivity contribution in [1.29, 1.82) is 0 Å². The largest absolute Gasteiger partial charge is 0.324 e. The molecular formula is C24H31BrN4. The van der Waals surface area contributed by atoms with Crippen LogP contribution in [0.25, 0.3) is 33.1 Å². The number of halogens is 1. The number of fused-ring (bicyclic) bond motifs is 4. The summed E-state index contributed by atoms with van der Waals surface area (Å²) in [4.78, 5) is 9.82. The molecule has 5 heteroatoms. The van der Waals surface area contributed by atoms with Gasteiger partial charge in [0.2, 0.25) is 0 Å². The van der Waals surface area contributed by atoms with Crippen molar-refractivity contribution < 1.29 is 0 Å². The Kier molecular flexibility index (Phi) is 6.59. The van der Waals surface area contributed by atoms with Crippen molar-refractivity contribution in [2.75, 3.05) is 0 Å². The zero-order chi connectivity index (χ0) is 21.3. The number of benzene rings is 2. The molecule has 0 amide bonds. The topological polar surface area (TPSA) is 42.7 Å². The van der Waals surface area contributed by atoms with Crippen LogP contribution in [0.1, 0.15) is 45.7 Å². The van der Waals surface area contributed by atoms with Gasteiger partial charge in [0.15, 0.2) is 5.65 Å². The molecule has 0 saturated heterocycles. The smallest absolute Gasteiger partial charge is 0.160 e. The van der Waals surface area contributed by atoms with E-state index in [9.17, 15) is 0 Å². The Balaban J connectivity index is 0.000000298. The second-order valence-corrected chi connectivity index (χ2v) is 9.12. The van der Waals surface area contributed by atoms with E-state index in [0.29, 0.717) is 12.1 Å². The molecular weight excluding hydrogens is 424 g/mol. The van der Waals surface area contributed by atoms with Crippen LogP contribution in [0.15, 0.2) is 34.8 Å². The van der Waals surface area contributed by atoms with Crippen LogP contribution >= 0.6 is 15.9 Å². The fourth-order valence-electron chi connectivity index (χ4n) is 3.71. The maximum absolute atomic E-state index is 4.91. The highest BCUT2D eigenvalue weighted by molar-refractivity contribution is 9.10. The van der Waals surface area contributed by atoms with Crippen molar-refractivity contribution in [3.8, 4) is 0 Å². The number of nitrogens with zero attached hydrogens (tertiary/aromatic N) is 3. The van der Waals surface area contributed by atoms with E-state index in [1.807, 2.05) is 0 Å². The third kappa shape index (κ3) is 4.62. The number of nitrogens with one attached hydrogen (secondary N) is 1. The van der Waals surface area contributed by atoms with Crippen LogP contribution in [-0.2, 0) is 6.54 Å². The van der Waals surface area contributed by atoms with Crippen molar-refractivity contribution in [1.82, 2.24) is 19.9 Å². The highest BCUT2D eigenvalue weighted by atomic mass is 79.9. The van der Waals surface area contributed by atoms with E-state index in [-0.39, 0.29) is 0 Å². The SMILES string of the molecule is CC(C)NC(C)C.CCn1c2ccc(Br)cc2c2nc3cc(C)c(C)cc3nc21. The average Bonchev–Trinajstić information content (AvgIpc) is 2.92. The molecule has 4 aromatic rings. The first-order valence-electron chi connectivity index (χ1n) is 10.3. The lowest BCUT2D eigenvalue weighted by Gasteiger charge is -2.10. The maximum Gasteiger partial charge on any atom is 0.160 e. The molecule has 4 rings (SSSR count). The summed E-state index contributed by atoms with van der Waals surface area (Å²) in [6.07, 6.45) is 0. The van der Waals surface area contributed by atoms with E-state index in [4.69, 9.17) is 9.97 Å². The van der Waals surface area contributed by atoms with Crippen LogP contribution < -0.4 is 5.32 Å². The van der Waals surface area contributed by atoms with E-state index < -0.39 is 0 Å². The van der Waals surface area contributed by atoms with E-state index in [1.165, 1.54) is 16.6 Å². The molecule has 0 aliphatic rings. The van der Waals surface area contributed by atoms with E-state index in [1.54, 1.807) is 0 Å². The Labute approximate surface area is 181 Å². The molecule has 0 aliphatic carbocycles. The fourth-order valence-corrected chi connectivity index (χ4v) is 4.07. The summed E-state index contributed by atoms with van der Waals surface area (Å²) in [6, 6.07) is 11.8. The van der Waals surface area contributed by atoms with Crippen molar-refractivity contribution in [2.24, 2.45) is 0 Å². The summed E-state index contributed by atoms with van der Waals surface area (Å²) < 4.78 is 3.30. The molecule has 0 saturated carbocycles. The lowest BCUT2D eigenvalue weighted by Crippen LogP contribution is -2.29. The second-order valence-electron chi connectivity index (χ2n) is 8.20. The highest BCUT2D eigenvalue weighted by Crippen LogP contribution is 2.30. The van der Waals surface area contributed by atoms with Gasteiger partial charge in [0.25, 0.3) is 0 Å². The fraction of sp³-hybridized carbons (Fsp3) is 0.417. The Morgan fingerprint density at radius 2 is 1.52 bits per heavy atom. The van der Waals surface area contributed by atoms with Crippen LogP contribution in [-0.4, -0.2) is 26.6 Å². The monoisotopic (exact) mass is 454 g/mol. The van der Waals surface area contributed by atoms with Crippen molar-refractivity contribution >= 4 is 49.0 Å². The molecule has 0 unspecified atom stereocenters. The first-order chi connectivity index (χ1) is 13.7. The third-order valence-corrected chi connectivity index (χ3v) is 5.50. The van der Waals surface area contributed by atoms with Crippen LogP contribution in [0.4, 0.5) is 0 Å². The van der Waals surface area contributed by atoms with E-state index >= 15 is 0 Å². The van der Waals surface area contributed by atoms with Gasteiger partial charge < -0.3 is 9.88 Å². The van der Waals surface area contributed by atoms with Crippen LogP contribution in [0.3, 0.4) is 0 Å². The Morgan fingerprint density at radius 3 is 2.03 bits per heavy atom. The van der Waals surface area contributed by atoms with Gasteiger partial charge in [-0.3, -0.25) is 0 Å². The summed E-state index contributed by atoms with van der Waals surface area (Å²) in [5.74, 6) is 0. The predicted molar refractivity (Wildman–Crippen MR) is 129 cm³/mol. The molecule has 4 nitrogen and oxygen atoms in total. The summed E-state index contributed by atoms with van der Waals surface area (Å²) in [5.41, 5.74) is 7.56. The third-order valence-electron chi connectivity index (χ3n) is 5.00. The van der Waals surface area contributed by atoms with Crippen molar-refractivity contribution in [2.45, 2.75) is 67.1 Å². The number of hydrogen-bond donors (Lipinski definition) is 1. The van der Waals surface area contributed by atoms with Crippen LogP contribution in [0, 0.1) is 13.8 Å². The van der Waals surface area contributed by atoms with Crippen molar-refractivity contribution in [3.63, 3.8) is 0 Å². The van der Waals surface area contributed by atoms with Gasteiger partial charge in [0.1, 0.15) is 5.52 Å². The number of aromatic nitrogens is 3. The molecule has 0 atom stereocenters. The Hall–Kier alpha value is -1.98. The molecule has 0 radical (unpaired) electrons. The quantitative estimate of drug-likeness (QED) is 0.382. The van der Waals surface area contributed by atoms with Gasteiger partial charge >= 0.3 is 0 Å². The van der Waals surface area contributed by atoms with Gasteiger partial charge in [-0.2, -0.15) is 0 Å². The lowest BCUT2D eigenvalue weighted by atomic mass is 10.1. The maximum atomic E-state index is 4.91. The zero-order valence-corrected chi connectivity index (χ0v) is 20.1. The first-order valence-corrected chi connectivity index (χ1v) is 11.1. The molecule has 0 bridgehead atoms. The molecule has 2 aromatic carbocycles. The minimum Gasteiger partial charge on any atom is -0.324 e. The molecule has 2 heterocycles. The molecule has 0 aliphatic heterocycles.